The van der Waals surface area contributed by atoms with E-state index in [-0.39, 0.29) is 11.7 Å². The van der Waals surface area contributed by atoms with Crippen LogP contribution in [0, 0.1) is 5.92 Å². The zero-order valence-corrected chi connectivity index (χ0v) is 11.9. The molecule has 0 saturated heterocycles. The second kappa shape index (κ2) is 6.70. The first kappa shape index (κ1) is 15.7. The topological polar surface area (TPSA) is 84.5 Å². The standard InChI is InChI=1S/C14H18N2O4/c1-8(9(2)17)14(19)16-12-7-11(15-10(3)18)5-6-13(12)20-4/h5-8H,1-4H3,(H,15,18)(H,16,19). The highest BCUT2D eigenvalue weighted by Gasteiger charge is 2.19. The Morgan fingerprint density at radius 2 is 1.80 bits per heavy atom. The molecule has 0 fully saturated rings. The molecule has 0 aromatic heterocycles. The maximum Gasteiger partial charge on any atom is 0.234 e. The van der Waals surface area contributed by atoms with Gasteiger partial charge in [-0.3, -0.25) is 14.4 Å². The summed E-state index contributed by atoms with van der Waals surface area (Å²) in [7, 11) is 1.47. The van der Waals surface area contributed by atoms with Gasteiger partial charge in [-0.1, -0.05) is 0 Å². The number of anilines is 2. The van der Waals surface area contributed by atoms with Crippen LogP contribution in [0.25, 0.3) is 0 Å². The summed E-state index contributed by atoms with van der Waals surface area (Å²) in [5, 5.41) is 5.23. The van der Waals surface area contributed by atoms with Crippen LogP contribution >= 0.6 is 0 Å². The monoisotopic (exact) mass is 278 g/mol. The van der Waals surface area contributed by atoms with E-state index in [1.54, 1.807) is 18.2 Å². The minimum Gasteiger partial charge on any atom is -0.495 e. The van der Waals surface area contributed by atoms with Gasteiger partial charge in [0.2, 0.25) is 11.8 Å². The first-order valence-corrected chi connectivity index (χ1v) is 6.12. The van der Waals surface area contributed by atoms with Crippen molar-refractivity contribution in [1.29, 1.82) is 0 Å². The van der Waals surface area contributed by atoms with Gasteiger partial charge in [0.1, 0.15) is 11.5 Å². The van der Waals surface area contributed by atoms with Crippen molar-refractivity contribution in [2.75, 3.05) is 17.7 Å². The number of benzene rings is 1. The van der Waals surface area contributed by atoms with Crippen molar-refractivity contribution in [2.45, 2.75) is 20.8 Å². The van der Waals surface area contributed by atoms with Crippen LogP contribution in [0.4, 0.5) is 11.4 Å². The molecule has 0 bridgehead atoms. The Hall–Kier alpha value is -2.37. The molecular weight excluding hydrogens is 260 g/mol. The Balaban J connectivity index is 2.99. The van der Waals surface area contributed by atoms with E-state index < -0.39 is 11.8 Å². The molecule has 2 N–H and O–H groups in total. The molecule has 0 radical (unpaired) electrons. The van der Waals surface area contributed by atoms with Crippen LogP contribution in [0.1, 0.15) is 20.8 Å². The molecule has 6 heteroatoms. The van der Waals surface area contributed by atoms with Crippen molar-refractivity contribution in [3.05, 3.63) is 18.2 Å². The number of methoxy groups -OCH3 is 1. The van der Waals surface area contributed by atoms with Gasteiger partial charge in [-0.15, -0.1) is 0 Å². The molecule has 0 spiro atoms. The minimum absolute atomic E-state index is 0.218. The lowest BCUT2D eigenvalue weighted by Gasteiger charge is -2.14. The summed E-state index contributed by atoms with van der Waals surface area (Å²) in [6.45, 7) is 4.28. The number of hydrogen-bond acceptors (Lipinski definition) is 4. The predicted octanol–water partition coefficient (Wildman–Crippen LogP) is 1.82. The summed E-state index contributed by atoms with van der Waals surface area (Å²) < 4.78 is 5.13. The van der Waals surface area contributed by atoms with Crippen LogP contribution in [0.2, 0.25) is 0 Å². The molecule has 20 heavy (non-hydrogen) atoms. The number of amides is 2. The van der Waals surface area contributed by atoms with Crippen LogP contribution in [-0.2, 0) is 14.4 Å². The fourth-order valence-electron chi connectivity index (χ4n) is 1.51. The van der Waals surface area contributed by atoms with Gasteiger partial charge in [-0.05, 0) is 32.0 Å². The van der Waals surface area contributed by atoms with Gasteiger partial charge in [0.15, 0.2) is 0 Å². The smallest absolute Gasteiger partial charge is 0.234 e. The average molecular weight is 278 g/mol. The second-order valence-corrected chi connectivity index (χ2v) is 4.42. The number of carbonyl (C=O) groups is 3. The van der Waals surface area contributed by atoms with Crippen molar-refractivity contribution in [3.8, 4) is 5.75 Å². The van der Waals surface area contributed by atoms with Gasteiger partial charge in [0.05, 0.1) is 18.7 Å². The summed E-state index contributed by atoms with van der Waals surface area (Å²) >= 11 is 0. The third-order valence-electron chi connectivity index (χ3n) is 2.78. The van der Waals surface area contributed by atoms with Crippen LogP contribution < -0.4 is 15.4 Å². The second-order valence-electron chi connectivity index (χ2n) is 4.42. The number of rotatable bonds is 5. The molecule has 1 atom stereocenters. The van der Waals surface area contributed by atoms with Crippen molar-refractivity contribution >= 4 is 29.0 Å². The highest BCUT2D eigenvalue weighted by atomic mass is 16.5. The normalized spacial score (nSPS) is 11.4. The summed E-state index contributed by atoms with van der Waals surface area (Å²) in [6.07, 6.45) is 0. The fourth-order valence-corrected chi connectivity index (χ4v) is 1.51. The highest BCUT2D eigenvalue weighted by Crippen LogP contribution is 2.28. The van der Waals surface area contributed by atoms with Crippen molar-refractivity contribution in [1.82, 2.24) is 0 Å². The molecule has 6 nitrogen and oxygen atoms in total. The predicted molar refractivity (Wildman–Crippen MR) is 75.8 cm³/mol. The Bertz CT molecular complexity index is 540. The van der Waals surface area contributed by atoms with Crippen LogP contribution in [0.3, 0.4) is 0 Å². The molecule has 0 heterocycles. The number of hydrogen-bond donors (Lipinski definition) is 2. The zero-order valence-electron chi connectivity index (χ0n) is 11.9. The molecule has 0 aliphatic carbocycles. The maximum absolute atomic E-state index is 11.9. The first-order chi connectivity index (χ1) is 9.35. The SMILES string of the molecule is COc1ccc(NC(C)=O)cc1NC(=O)C(C)C(C)=O. The molecule has 1 unspecified atom stereocenters. The van der Waals surface area contributed by atoms with Crippen LogP contribution in [0.5, 0.6) is 5.75 Å². The molecule has 108 valence electrons. The molecule has 0 aliphatic heterocycles. The lowest BCUT2D eigenvalue weighted by Crippen LogP contribution is -2.25. The van der Waals surface area contributed by atoms with E-state index >= 15 is 0 Å². The van der Waals surface area contributed by atoms with E-state index in [9.17, 15) is 14.4 Å². The van der Waals surface area contributed by atoms with Crippen molar-refractivity contribution < 1.29 is 19.1 Å². The van der Waals surface area contributed by atoms with Gasteiger partial charge in [-0.25, -0.2) is 0 Å². The molecule has 1 rings (SSSR count). The molecule has 2 amide bonds. The van der Waals surface area contributed by atoms with Crippen LogP contribution in [0.15, 0.2) is 18.2 Å². The highest BCUT2D eigenvalue weighted by molar-refractivity contribution is 6.07. The number of ketones is 1. The Morgan fingerprint density at radius 1 is 1.15 bits per heavy atom. The lowest BCUT2D eigenvalue weighted by atomic mass is 10.1. The van der Waals surface area contributed by atoms with E-state index in [2.05, 4.69) is 10.6 Å². The van der Waals surface area contributed by atoms with Gasteiger partial charge in [-0.2, -0.15) is 0 Å². The summed E-state index contributed by atoms with van der Waals surface area (Å²) in [6, 6.07) is 4.86. The quantitative estimate of drug-likeness (QED) is 0.804. The Morgan fingerprint density at radius 3 is 2.30 bits per heavy atom. The first-order valence-electron chi connectivity index (χ1n) is 6.12. The lowest BCUT2D eigenvalue weighted by molar-refractivity contribution is -0.129. The van der Waals surface area contributed by atoms with E-state index in [4.69, 9.17) is 4.74 Å². The minimum atomic E-state index is -0.746. The van der Waals surface area contributed by atoms with Crippen LogP contribution in [-0.4, -0.2) is 24.7 Å². The van der Waals surface area contributed by atoms with E-state index in [0.717, 1.165) is 0 Å². The fraction of sp³-hybridized carbons (Fsp3) is 0.357. The number of Topliss-reactive ketones (excluding diaryl/α,β-unsaturated/α-hetero) is 1. The average Bonchev–Trinajstić information content (AvgIpc) is 2.37. The number of carbonyl (C=O) groups excluding carboxylic acids is 3. The summed E-state index contributed by atoms with van der Waals surface area (Å²) in [5.41, 5.74) is 0.931. The van der Waals surface area contributed by atoms with E-state index in [0.29, 0.717) is 17.1 Å². The summed E-state index contributed by atoms with van der Waals surface area (Å²) in [4.78, 5) is 34.1. The largest absolute Gasteiger partial charge is 0.495 e. The third kappa shape index (κ3) is 4.08. The number of ether oxygens (including phenoxy) is 1. The van der Waals surface area contributed by atoms with Crippen molar-refractivity contribution in [3.63, 3.8) is 0 Å². The van der Waals surface area contributed by atoms with Gasteiger partial charge >= 0.3 is 0 Å². The molecule has 0 aliphatic rings. The Labute approximate surface area is 117 Å². The molecule has 1 aromatic rings. The van der Waals surface area contributed by atoms with E-state index in [1.165, 1.54) is 27.9 Å². The third-order valence-corrected chi connectivity index (χ3v) is 2.78. The molecule has 0 saturated carbocycles. The van der Waals surface area contributed by atoms with E-state index in [1.807, 2.05) is 0 Å². The molecular formula is C14H18N2O4. The zero-order chi connectivity index (χ0) is 15.3. The maximum atomic E-state index is 11.9. The molecule has 1 aromatic carbocycles. The van der Waals surface area contributed by atoms with Gasteiger partial charge in [0.25, 0.3) is 0 Å². The van der Waals surface area contributed by atoms with Gasteiger partial charge < -0.3 is 15.4 Å². The number of nitrogens with one attached hydrogen (secondary N) is 2. The van der Waals surface area contributed by atoms with Crippen molar-refractivity contribution in [2.24, 2.45) is 5.92 Å². The summed E-state index contributed by atoms with van der Waals surface area (Å²) in [5.74, 6) is -1.16. The Kier molecular flexibility index (Phi) is 5.25. The van der Waals surface area contributed by atoms with Gasteiger partial charge in [0, 0.05) is 12.6 Å².